The highest BCUT2D eigenvalue weighted by Gasteiger charge is 2.46. The minimum Gasteiger partial charge on any atom is -0.0625 e. The van der Waals surface area contributed by atoms with Gasteiger partial charge < -0.3 is 0 Å². The first-order chi connectivity index (χ1) is 37.2. The summed E-state index contributed by atoms with van der Waals surface area (Å²) in [7, 11) is 0. The van der Waals surface area contributed by atoms with Crippen molar-refractivity contribution in [1.82, 2.24) is 0 Å². The first-order valence-electron chi connectivity index (χ1n) is 28.9. The minimum absolute atomic E-state index is 0.151. The van der Waals surface area contributed by atoms with Crippen molar-refractivity contribution in [2.24, 2.45) is 5.92 Å². The van der Waals surface area contributed by atoms with Gasteiger partial charge in [-0.25, -0.2) is 0 Å². The van der Waals surface area contributed by atoms with E-state index in [2.05, 4.69) is 310 Å². The lowest BCUT2D eigenvalue weighted by Crippen LogP contribution is -2.28. The smallest absolute Gasteiger partial charge is 0.0625 e. The molecule has 12 rings (SSSR count). The minimum atomic E-state index is -0.263. The summed E-state index contributed by atoms with van der Waals surface area (Å²) >= 11 is 0. The van der Waals surface area contributed by atoms with Gasteiger partial charge in [0.2, 0.25) is 0 Å². The van der Waals surface area contributed by atoms with Gasteiger partial charge in [-0.05, 0) is 152 Å². The predicted octanol–water partition coefficient (Wildman–Crippen LogP) is 21.8. The lowest BCUT2D eigenvalue weighted by Gasteiger charge is -2.34. The number of hydrogen-bond donors (Lipinski definition) is 0. The molecule has 0 aliphatic heterocycles. The molecule has 0 unspecified atom stereocenters. The van der Waals surface area contributed by atoms with E-state index < -0.39 is 0 Å². The monoisotopic (exact) mass is 1030 g/mol. The second kappa shape index (κ2) is 26.1. The molecule has 0 aromatic heterocycles. The summed E-state index contributed by atoms with van der Waals surface area (Å²) in [5.41, 5.74) is 27.6. The average molecular weight is 1030 g/mol. The highest BCUT2D eigenvalue weighted by molar-refractivity contribution is 5.86. The molecule has 3 aliphatic carbocycles. The Morgan fingerprint density at radius 1 is 0.346 bits per heavy atom. The van der Waals surface area contributed by atoms with Crippen LogP contribution in [-0.2, 0) is 16.2 Å². The van der Waals surface area contributed by atoms with E-state index in [9.17, 15) is 0 Å². The third kappa shape index (κ3) is 14.0. The fraction of sp³-hybridized carbons (Fsp3) is 0.308. The number of hydrogen-bond acceptors (Lipinski definition) is 0. The van der Waals surface area contributed by atoms with Crippen molar-refractivity contribution in [3.05, 3.63) is 295 Å². The lowest BCUT2D eigenvalue weighted by atomic mass is 9.67. The van der Waals surface area contributed by atoms with Gasteiger partial charge in [-0.3, -0.25) is 0 Å². The van der Waals surface area contributed by atoms with Crippen LogP contribution in [-0.4, -0.2) is 0 Å². The molecule has 0 radical (unpaired) electrons. The van der Waals surface area contributed by atoms with Gasteiger partial charge in [-0.15, -0.1) is 0 Å². The van der Waals surface area contributed by atoms with Crippen LogP contribution in [0.15, 0.2) is 206 Å². The molecule has 1 saturated carbocycles. The van der Waals surface area contributed by atoms with Crippen LogP contribution in [0.3, 0.4) is 0 Å². The maximum Gasteiger partial charge on any atom is 0.0713 e. The molecule has 0 heteroatoms. The van der Waals surface area contributed by atoms with Gasteiger partial charge in [-0.1, -0.05) is 313 Å². The normalized spacial score (nSPS) is 14.0. The van der Waals surface area contributed by atoms with Gasteiger partial charge in [0, 0.05) is 5.41 Å². The van der Waals surface area contributed by atoms with Crippen molar-refractivity contribution in [2.45, 2.75) is 152 Å². The van der Waals surface area contributed by atoms with Gasteiger partial charge in [0.15, 0.2) is 0 Å². The quantitative estimate of drug-likeness (QED) is 0.162. The topological polar surface area (TPSA) is 0 Å². The molecule has 0 atom stereocenters. The van der Waals surface area contributed by atoms with Crippen LogP contribution in [0.5, 0.6) is 0 Å². The Labute approximate surface area is 473 Å². The predicted molar refractivity (Wildman–Crippen MR) is 341 cm³/mol. The number of rotatable bonds is 2. The van der Waals surface area contributed by atoms with E-state index >= 15 is 0 Å². The van der Waals surface area contributed by atoms with E-state index in [1.807, 2.05) is 0 Å². The molecular weight excluding hydrogens is 937 g/mol. The zero-order valence-electron chi connectivity index (χ0n) is 50.2. The van der Waals surface area contributed by atoms with Crippen molar-refractivity contribution < 1.29 is 0 Å². The zero-order valence-corrected chi connectivity index (χ0v) is 50.2. The molecule has 0 spiro atoms. The van der Waals surface area contributed by atoms with Crippen LogP contribution < -0.4 is 0 Å². The molecular formula is C78H90. The Morgan fingerprint density at radius 2 is 0.718 bits per heavy atom. The molecule has 0 nitrogen and oxygen atoms in total. The second-order valence-electron chi connectivity index (χ2n) is 24.3. The van der Waals surface area contributed by atoms with Gasteiger partial charge in [0.1, 0.15) is 0 Å². The maximum atomic E-state index is 2.37. The van der Waals surface area contributed by atoms with Crippen molar-refractivity contribution in [3.63, 3.8) is 0 Å². The van der Waals surface area contributed by atoms with Crippen LogP contribution in [0.25, 0.3) is 22.3 Å². The second-order valence-corrected chi connectivity index (χ2v) is 24.3. The summed E-state index contributed by atoms with van der Waals surface area (Å²) in [6.07, 6.45) is 7.44. The maximum absolute atomic E-state index is 2.37. The molecule has 78 heavy (non-hydrogen) atoms. The third-order valence-corrected chi connectivity index (χ3v) is 16.5. The Kier molecular flexibility index (Phi) is 19.6. The Balaban J connectivity index is 0.000000146. The van der Waals surface area contributed by atoms with Gasteiger partial charge in [-0.2, -0.15) is 0 Å². The van der Waals surface area contributed by atoms with Crippen LogP contribution >= 0.6 is 0 Å². The molecule has 9 aromatic rings. The van der Waals surface area contributed by atoms with E-state index in [4.69, 9.17) is 0 Å². The van der Waals surface area contributed by atoms with Gasteiger partial charge >= 0.3 is 0 Å². The first-order valence-corrected chi connectivity index (χ1v) is 28.9. The molecule has 3 aliphatic rings. The van der Waals surface area contributed by atoms with Gasteiger partial charge in [0.05, 0.1) is 5.41 Å². The first kappa shape index (κ1) is 58.7. The van der Waals surface area contributed by atoms with E-state index in [1.165, 1.54) is 143 Å². The largest absolute Gasteiger partial charge is 0.0713 e. The van der Waals surface area contributed by atoms with Crippen LogP contribution in [0.1, 0.15) is 163 Å². The summed E-state index contributed by atoms with van der Waals surface area (Å²) in [6.45, 7) is 33.0. The Hall–Kier alpha value is -7.02. The van der Waals surface area contributed by atoms with Crippen molar-refractivity contribution in [1.29, 1.82) is 0 Å². The Morgan fingerprint density at radius 3 is 1.17 bits per heavy atom. The SMILES string of the molecule is CC1CCCCC1.Cc1cc(C)c(C)c(C)c1.Cc1ccc(C(C)(C)C)cc1.Cc1ccc(C)cc1.Cc1ccc2c(c1)C(C)(C)c1ccccc1-2.Cc1ccc2c(c1)C(c1ccccc1)(c1ccccc1)c1ccccc1-2. The van der Waals surface area contributed by atoms with E-state index in [-0.39, 0.29) is 16.2 Å². The van der Waals surface area contributed by atoms with Crippen molar-refractivity contribution in [2.75, 3.05) is 0 Å². The van der Waals surface area contributed by atoms with Crippen LogP contribution in [0.4, 0.5) is 0 Å². The van der Waals surface area contributed by atoms with Gasteiger partial charge in [0.25, 0.3) is 0 Å². The van der Waals surface area contributed by atoms with E-state index in [1.54, 1.807) is 0 Å². The summed E-state index contributed by atoms with van der Waals surface area (Å²) in [4.78, 5) is 0. The highest BCUT2D eigenvalue weighted by Crippen LogP contribution is 2.56. The standard InChI is InChI=1S/C26H20.C16H16.C11H16.C10H14.C8H10.C7H14/c1-19-16-17-23-22-14-8-9-15-24(22)26(25(23)18-19,20-10-4-2-5-11-20)21-12-6-3-7-13-21;1-11-8-9-13-12-6-4-5-7-14(12)16(2,3)15(13)10-11;1-9-5-7-10(8-6-9)11(2,3)4;1-7-5-8(2)10(4)9(3)6-7;1-7-3-5-8(2)6-4-7;1-7-5-3-2-4-6-7/h2-18H,1H3;4-10H,1-3H3;5-8H,1-4H3;5-6H,1-4H3;3-6H,1-2H3;7H,2-6H2,1H3. The fourth-order valence-corrected chi connectivity index (χ4v) is 11.6. The van der Waals surface area contributed by atoms with E-state index in [0.717, 1.165) is 5.92 Å². The summed E-state index contributed by atoms with van der Waals surface area (Å²) in [5, 5.41) is 0. The molecule has 0 bridgehead atoms. The summed E-state index contributed by atoms with van der Waals surface area (Å²) in [5.74, 6) is 1.04. The fourth-order valence-electron chi connectivity index (χ4n) is 11.6. The molecule has 1 fully saturated rings. The third-order valence-electron chi connectivity index (χ3n) is 16.5. The molecule has 402 valence electrons. The van der Waals surface area contributed by atoms with Crippen LogP contribution in [0.2, 0.25) is 0 Å². The van der Waals surface area contributed by atoms with Crippen molar-refractivity contribution >= 4 is 0 Å². The van der Waals surface area contributed by atoms with E-state index in [0.29, 0.717) is 0 Å². The number of benzene rings is 9. The zero-order chi connectivity index (χ0) is 56.2. The molecule has 0 amide bonds. The van der Waals surface area contributed by atoms with Crippen molar-refractivity contribution in [3.8, 4) is 22.3 Å². The van der Waals surface area contributed by atoms with Crippen LogP contribution in [0, 0.1) is 68.2 Å². The number of aryl methyl sites for hydroxylation is 8. The lowest BCUT2D eigenvalue weighted by molar-refractivity contribution is 0.385. The number of fused-ring (bicyclic) bond motifs is 6. The highest BCUT2D eigenvalue weighted by atomic mass is 14.5. The molecule has 0 N–H and O–H groups in total. The molecule has 9 aromatic carbocycles. The Bertz CT molecular complexity index is 3250. The summed E-state index contributed by atoms with van der Waals surface area (Å²) in [6, 6.07) is 74.8. The molecule has 0 heterocycles. The average Bonchev–Trinajstić information content (AvgIpc) is 3.86. The summed E-state index contributed by atoms with van der Waals surface area (Å²) < 4.78 is 0. The molecule has 0 saturated heterocycles.